The second-order valence-corrected chi connectivity index (χ2v) is 6.11. The van der Waals surface area contributed by atoms with Crippen molar-refractivity contribution in [1.82, 2.24) is 10.0 Å². The van der Waals surface area contributed by atoms with E-state index >= 15 is 0 Å². The highest BCUT2D eigenvalue weighted by Crippen LogP contribution is 2.30. The second-order valence-electron chi connectivity index (χ2n) is 4.27. The maximum Gasteiger partial charge on any atom is 0.246 e. The van der Waals surface area contributed by atoms with Gasteiger partial charge in [0.1, 0.15) is 11.9 Å². The highest BCUT2D eigenvalue weighted by Gasteiger charge is 2.30. The Morgan fingerprint density at radius 3 is 2.79 bits per heavy atom. The molecule has 2 rings (SSSR count). The molecule has 0 saturated heterocycles. The molecule has 1 amide bonds. The molecule has 8 heteroatoms. The van der Waals surface area contributed by atoms with E-state index in [4.69, 9.17) is 0 Å². The van der Waals surface area contributed by atoms with Gasteiger partial charge < -0.3 is 10.6 Å². The first kappa shape index (κ1) is 13.9. The van der Waals surface area contributed by atoms with Crippen LogP contribution in [0.2, 0.25) is 0 Å². The number of amides is 1. The van der Waals surface area contributed by atoms with E-state index in [9.17, 15) is 17.6 Å². The zero-order chi connectivity index (χ0) is 14.0. The Morgan fingerprint density at radius 1 is 1.37 bits per heavy atom. The van der Waals surface area contributed by atoms with Crippen molar-refractivity contribution in [3.8, 4) is 0 Å². The summed E-state index contributed by atoms with van der Waals surface area (Å²) in [5, 5.41) is 5.48. The minimum absolute atomic E-state index is 0.180. The normalized spacial score (nSPS) is 18.2. The van der Waals surface area contributed by atoms with Gasteiger partial charge in [0, 0.05) is 24.3 Å². The standard InChI is InChI=1S/C11H14FN3O3S/c1-19(17,18)14-5-4-13-10-8-3-2-7(12)6-9(8)15-11(10)16/h2-3,6,10,13-14H,4-5H2,1H3,(H,15,16). The number of nitrogens with one attached hydrogen (secondary N) is 3. The molecule has 0 saturated carbocycles. The Hall–Kier alpha value is -1.51. The number of rotatable bonds is 5. The molecule has 1 aromatic carbocycles. The Labute approximate surface area is 110 Å². The molecular formula is C11H14FN3O3S. The van der Waals surface area contributed by atoms with Crippen molar-refractivity contribution in [2.24, 2.45) is 0 Å². The van der Waals surface area contributed by atoms with Crippen LogP contribution < -0.4 is 15.4 Å². The topological polar surface area (TPSA) is 87.3 Å². The summed E-state index contributed by atoms with van der Waals surface area (Å²) in [6, 6.07) is 3.48. The minimum atomic E-state index is -3.24. The molecule has 3 N–H and O–H groups in total. The number of anilines is 1. The highest BCUT2D eigenvalue weighted by molar-refractivity contribution is 7.88. The second kappa shape index (κ2) is 5.24. The number of halogens is 1. The van der Waals surface area contributed by atoms with E-state index in [1.54, 1.807) is 0 Å². The fraction of sp³-hybridized carbons (Fsp3) is 0.364. The van der Waals surface area contributed by atoms with Crippen molar-refractivity contribution in [2.45, 2.75) is 6.04 Å². The largest absolute Gasteiger partial charge is 0.324 e. The van der Waals surface area contributed by atoms with Gasteiger partial charge in [-0.3, -0.25) is 4.79 Å². The quantitative estimate of drug-likeness (QED) is 0.663. The third kappa shape index (κ3) is 3.49. The fourth-order valence-electron chi connectivity index (χ4n) is 1.89. The molecule has 19 heavy (non-hydrogen) atoms. The van der Waals surface area contributed by atoms with Crippen molar-refractivity contribution in [3.63, 3.8) is 0 Å². The fourth-order valence-corrected chi connectivity index (χ4v) is 2.36. The van der Waals surface area contributed by atoms with E-state index in [1.165, 1.54) is 18.2 Å². The lowest BCUT2D eigenvalue weighted by Gasteiger charge is -2.11. The smallest absolute Gasteiger partial charge is 0.246 e. The molecule has 1 aromatic rings. The molecule has 1 aliphatic rings. The van der Waals surface area contributed by atoms with Crippen molar-refractivity contribution in [2.75, 3.05) is 24.7 Å². The number of hydrogen-bond donors (Lipinski definition) is 3. The van der Waals surface area contributed by atoms with Crippen molar-refractivity contribution < 1.29 is 17.6 Å². The maximum absolute atomic E-state index is 13.0. The van der Waals surface area contributed by atoms with Gasteiger partial charge in [0.15, 0.2) is 0 Å². The van der Waals surface area contributed by atoms with Crippen LogP contribution in [0.4, 0.5) is 10.1 Å². The summed E-state index contributed by atoms with van der Waals surface area (Å²) < 4.78 is 37.1. The van der Waals surface area contributed by atoms with Gasteiger partial charge in [0.05, 0.1) is 6.26 Å². The van der Waals surface area contributed by atoms with Crippen molar-refractivity contribution in [3.05, 3.63) is 29.6 Å². The third-order valence-corrected chi connectivity index (χ3v) is 3.41. The van der Waals surface area contributed by atoms with Crippen LogP contribution >= 0.6 is 0 Å². The summed E-state index contributed by atoms with van der Waals surface area (Å²) in [5.41, 5.74) is 1.10. The Bertz CT molecular complexity index is 603. The van der Waals surface area contributed by atoms with E-state index in [0.29, 0.717) is 17.8 Å². The number of fused-ring (bicyclic) bond motifs is 1. The Morgan fingerprint density at radius 2 is 2.11 bits per heavy atom. The molecule has 0 radical (unpaired) electrons. The summed E-state index contributed by atoms with van der Waals surface area (Å²) in [7, 11) is -3.24. The molecule has 0 spiro atoms. The predicted octanol–water partition coefficient (Wildman–Crippen LogP) is -0.0423. The number of carbonyl (C=O) groups excluding carboxylic acids is 1. The maximum atomic E-state index is 13.0. The predicted molar refractivity (Wildman–Crippen MR) is 68.6 cm³/mol. The average Bonchev–Trinajstić information content (AvgIpc) is 2.58. The van der Waals surface area contributed by atoms with Crippen LogP contribution in [0.5, 0.6) is 0 Å². The molecule has 1 aliphatic heterocycles. The van der Waals surface area contributed by atoms with Crippen LogP contribution in [0, 0.1) is 5.82 Å². The molecule has 1 atom stereocenters. The highest BCUT2D eigenvalue weighted by atomic mass is 32.2. The van der Waals surface area contributed by atoms with E-state index in [0.717, 1.165) is 6.26 Å². The van der Waals surface area contributed by atoms with Gasteiger partial charge in [-0.15, -0.1) is 0 Å². The third-order valence-electron chi connectivity index (χ3n) is 2.68. The number of carbonyl (C=O) groups is 1. The summed E-state index contributed by atoms with van der Waals surface area (Å²) >= 11 is 0. The van der Waals surface area contributed by atoms with E-state index in [1.807, 2.05) is 0 Å². The number of sulfonamides is 1. The van der Waals surface area contributed by atoms with Gasteiger partial charge in [0.25, 0.3) is 0 Å². The molecule has 1 unspecified atom stereocenters. The van der Waals surface area contributed by atoms with Gasteiger partial charge in [-0.25, -0.2) is 17.5 Å². The zero-order valence-electron chi connectivity index (χ0n) is 10.2. The molecule has 0 aromatic heterocycles. The first-order chi connectivity index (χ1) is 8.87. The molecule has 104 valence electrons. The lowest BCUT2D eigenvalue weighted by atomic mass is 10.1. The van der Waals surface area contributed by atoms with Crippen LogP contribution in [0.1, 0.15) is 11.6 Å². The number of hydrogen-bond acceptors (Lipinski definition) is 4. The first-order valence-electron chi connectivity index (χ1n) is 5.65. The lowest BCUT2D eigenvalue weighted by molar-refractivity contribution is -0.117. The van der Waals surface area contributed by atoms with Crippen LogP contribution in [0.3, 0.4) is 0 Å². The summed E-state index contributed by atoms with van der Waals surface area (Å²) in [5.74, 6) is -0.696. The van der Waals surface area contributed by atoms with E-state index in [2.05, 4.69) is 15.4 Å². The van der Waals surface area contributed by atoms with Crippen LogP contribution in [0.15, 0.2) is 18.2 Å². The number of benzene rings is 1. The first-order valence-corrected chi connectivity index (χ1v) is 7.54. The van der Waals surface area contributed by atoms with Crippen molar-refractivity contribution >= 4 is 21.6 Å². The van der Waals surface area contributed by atoms with Gasteiger partial charge in [-0.2, -0.15) is 0 Å². The molecule has 1 heterocycles. The lowest BCUT2D eigenvalue weighted by Crippen LogP contribution is -2.35. The molecule has 0 aliphatic carbocycles. The Kier molecular flexibility index (Phi) is 3.83. The minimum Gasteiger partial charge on any atom is -0.324 e. The van der Waals surface area contributed by atoms with E-state index < -0.39 is 21.9 Å². The van der Waals surface area contributed by atoms with Gasteiger partial charge in [-0.1, -0.05) is 6.07 Å². The molecule has 0 fully saturated rings. The molecular weight excluding hydrogens is 273 g/mol. The molecule has 0 bridgehead atoms. The van der Waals surface area contributed by atoms with Gasteiger partial charge in [0.2, 0.25) is 15.9 Å². The Balaban J connectivity index is 1.97. The van der Waals surface area contributed by atoms with Gasteiger partial charge >= 0.3 is 0 Å². The summed E-state index contributed by atoms with van der Waals surface area (Å²) in [6.07, 6.45) is 1.06. The van der Waals surface area contributed by atoms with Crippen LogP contribution in [-0.2, 0) is 14.8 Å². The summed E-state index contributed by atoms with van der Waals surface area (Å²) in [4.78, 5) is 11.7. The average molecular weight is 287 g/mol. The monoisotopic (exact) mass is 287 g/mol. The van der Waals surface area contributed by atoms with Gasteiger partial charge in [-0.05, 0) is 12.1 Å². The van der Waals surface area contributed by atoms with Crippen molar-refractivity contribution in [1.29, 1.82) is 0 Å². The SMILES string of the molecule is CS(=O)(=O)NCCNC1C(=O)Nc2cc(F)ccc21. The van der Waals surface area contributed by atoms with Crippen LogP contribution in [-0.4, -0.2) is 33.7 Å². The van der Waals surface area contributed by atoms with E-state index in [-0.39, 0.29) is 12.5 Å². The van der Waals surface area contributed by atoms with Crippen LogP contribution in [0.25, 0.3) is 0 Å². The zero-order valence-corrected chi connectivity index (χ0v) is 11.1. The molecule has 6 nitrogen and oxygen atoms in total. The summed E-state index contributed by atoms with van der Waals surface area (Å²) in [6.45, 7) is 0.473.